The number of oxazole rings is 1. The van der Waals surface area contributed by atoms with Crippen molar-refractivity contribution in [3.05, 3.63) is 58.6 Å². The van der Waals surface area contributed by atoms with Gasteiger partial charge in [0, 0.05) is 11.6 Å². The molecule has 0 bridgehead atoms. The number of hydrogen-bond acceptors (Lipinski definition) is 6. The van der Waals surface area contributed by atoms with Gasteiger partial charge in [-0.2, -0.15) is 0 Å². The highest BCUT2D eigenvalue weighted by atomic mass is 35.5. The molecule has 2 heterocycles. The standard InChI is InChI=1S/C21H17ClF3N3O4/c1-30-17-9-13(14(22)10-26-17)20-28-16-7-3-6-15(18(16)31-20)27-19(29)11-4-2-5-12(8-11)32-21(23,24)25/h2,4-5,8-10,15H,3,6-7H2,1H3,(H,27,29)/t15-/m0/s1. The van der Waals surface area contributed by atoms with Crippen LogP contribution in [0.5, 0.6) is 11.6 Å². The van der Waals surface area contributed by atoms with Crippen LogP contribution in [-0.4, -0.2) is 29.3 Å². The first-order valence-corrected chi connectivity index (χ1v) is 9.97. The van der Waals surface area contributed by atoms with E-state index in [1.54, 1.807) is 6.07 Å². The number of benzene rings is 1. The van der Waals surface area contributed by atoms with Gasteiger partial charge in [-0.15, -0.1) is 13.2 Å². The average Bonchev–Trinajstić information content (AvgIpc) is 3.18. The summed E-state index contributed by atoms with van der Waals surface area (Å²) in [6.45, 7) is 0. The molecule has 168 valence electrons. The number of ether oxygens (including phenoxy) is 2. The molecule has 0 fully saturated rings. The fourth-order valence-corrected chi connectivity index (χ4v) is 3.63. The van der Waals surface area contributed by atoms with Crippen molar-refractivity contribution in [1.82, 2.24) is 15.3 Å². The quantitative estimate of drug-likeness (QED) is 0.561. The number of aromatic nitrogens is 2. The van der Waals surface area contributed by atoms with Gasteiger partial charge in [0.15, 0.2) is 0 Å². The maximum absolute atomic E-state index is 12.7. The number of carbonyl (C=O) groups excluding carboxylic acids is 1. The zero-order chi connectivity index (χ0) is 22.9. The lowest BCUT2D eigenvalue weighted by Crippen LogP contribution is -2.30. The fraction of sp³-hybridized carbons (Fsp3) is 0.286. The van der Waals surface area contributed by atoms with Crippen LogP contribution in [0.15, 0.2) is 40.9 Å². The van der Waals surface area contributed by atoms with Gasteiger partial charge >= 0.3 is 6.36 Å². The van der Waals surface area contributed by atoms with E-state index < -0.39 is 24.1 Å². The average molecular weight is 468 g/mol. The number of hydrogen-bond donors (Lipinski definition) is 1. The van der Waals surface area contributed by atoms with Gasteiger partial charge in [0.1, 0.15) is 11.5 Å². The Bertz CT molecular complexity index is 1150. The summed E-state index contributed by atoms with van der Waals surface area (Å²) in [5.41, 5.74) is 1.20. The van der Waals surface area contributed by atoms with Gasteiger partial charge < -0.3 is 19.2 Å². The fourth-order valence-electron chi connectivity index (χ4n) is 3.44. The number of pyridine rings is 1. The lowest BCUT2D eigenvalue weighted by Gasteiger charge is -2.21. The van der Waals surface area contributed by atoms with Gasteiger partial charge in [0.05, 0.1) is 35.6 Å². The van der Waals surface area contributed by atoms with Crippen molar-refractivity contribution in [2.45, 2.75) is 31.7 Å². The summed E-state index contributed by atoms with van der Waals surface area (Å²) in [4.78, 5) is 21.2. The lowest BCUT2D eigenvalue weighted by molar-refractivity contribution is -0.274. The molecule has 1 N–H and O–H groups in total. The largest absolute Gasteiger partial charge is 0.573 e. The van der Waals surface area contributed by atoms with Crippen LogP contribution >= 0.6 is 11.6 Å². The van der Waals surface area contributed by atoms with Crippen molar-refractivity contribution in [2.75, 3.05) is 7.11 Å². The van der Waals surface area contributed by atoms with Crippen molar-refractivity contribution in [3.63, 3.8) is 0 Å². The zero-order valence-electron chi connectivity index (χ0n) is 16.7. The Morgan fingerprint density at radius 3 is 2.88 bits per heavy atom. The monoisotopic (exact) mass is 467 g/mol. The van der Waals surface area contributed by atoms with Crippen LogP contribution < -0.4 is 14.8 Å². The van der Waals surface area contributed by atoms with Gasteiger partial charge in [-0.3, -0.25) is 4.79 Å². The van der Waals surface area contributed by atoms with Crippen LogP contribution in [0.4, 0.5) is 13.2 Å². The van der Waals surface area contributed by atoms with Gasteiger partial charge in [-0.25, -0.2) is 9.97 Å². The molecule has 3 aromatic rings. The Labute approximate surface area is 185 Å². The second-order valence-corrected chi connectivity index (χ2v) is 7.44. The van der Waals surface area contributed by atoms with Crippen LogP contribution in [0.1, 0.15) is 40.7 Å². The molecule has 0 aliphatic heterocycles. The van der Waals surface area contributed by atoms with Crippen molar-refractivity contribution >= 4 is 17.5 Å². The number of carbonyl (C=O) groups is 1. The molecule has 1 aliphatic carbocycles. The number of halogens is 4. The molecule has 0 saturated heterocycles. The first-order valence-electron chi connectivity index (χ1n) is 9.59. The van der Waals surface area contributed by atoms with E-state index in [9.17, 15) is 18.0 Å². The van der Waals surface area contributed by atoms with Crippen LogP contribution in [0.25, 0.3) is 11.5 Å². The Kier molecular flexibility index (Phi) is 5.96. The number of rotatable bonds is 5. The molecule has 1 aromatic carbocycles. The van der Waals surface area contributed by atoms with E-state index in [4.69, 9.17) is 20.8 Å². The smallest absolute Gasteiger partial charge is 0.481 e. The van der Waals surface area contributed by atoms with Crippen molar-refractivity contribution in [2.24, 2.45) is 0 Å². The Morgan fingerprint density at radius 1 is 1.31 bits per heavy atom. The molecule has 1 aliphatic rings. The van der Waals surface area contributed by atoms with E-state index in [0.717, 1.165) is 18.6 Å². The number of nitrogens with one attached hydrogen (secondary N) is 1. The third kappa shape index (κ3) is 4.80. The van der Waals surface area contributed by atoms with Crippen LogP contribution in [0.3, 0.4) is 0 Å². The molecule has 0 unspecified atom stereocenters. The SMILES string of the molecule is COc1cc(-c2nc3c(o2)[C@@H](NC(=O)c2cccc(OC(F)(F)F)c2)CCC3)c(Cl)cn1. The molecule has 0 radical (unpaired) electrons. The van der Waals surface area contributed by atoms with Crippen LogP contribution in [0.2, 0.25) is 5.02 Å². The minimum Gasteiger partial charge on any atom is -0.481 e. The Balaban J connectivity index is 1.57. The number of aryl methyl sites for hydroxylation is 1. The van der Waals surface area contributed by atoms with Crippen molar-refractivity contribution < 1.29 is 31.9 Å². The number of fused-ring (bicyclic) bond motifs is 1. The van der Waals surface area contributed by atoms with E-state index in [1.807, 2.05) is 0 Å². The minimum atomic E-state index is -4.85. The highest BCUT2D eigenvalue weighted by molar-refractivity contribution is 6.33. The third-order valence-corrected chi connectivity index (χ3v) is 5.16. The molecule has 4 rings (SSSR count). The normalized spacial score (nSPS) is 15.7. The molecule has 0 saturated carbocycles. The molecule has 0 spiro atoms. The van der Waals surface area contributed by atoms with E-state index >= 15 is 0 Å². The third-order valence-electron chi connectivity index (χ3n) is 4.86. The van der Waals surface area contributed by atoms with E-state index in [0.29, 0.717) is 40.8 Å². The summed E-state index contributed by atoms with van der Waals surface area (Å²) in [7, 11) is 1.47. The molecule has 1 atom stereocenters. The van der Waals surface area contributed by atoms with Gasteiger partial charge in [0.2, 0.25) is 11.8 Å². The summed E-state index contributed by atoms with van der Waals surface area (Å²) in [5.74, 6) is 0.0534. The highest BCUT2D eigenvalue weighted by Crippen LogP contribution is 2.36. The second kappa shape index (κ2) is 8.70. The molecule has 2 aromatic heterocycles. The summed E-state index contributed by atoms with van der Waals surface area (Å²) >= 11 is 6.23. The second-order valence-electron chi connectivity index (χ2n) is 7.03. The van der Waals surface area contributed by atoms with Crippen molar-refractivity contribution in [1.29, 1.82) is 0 Å². The van der Waals surface area contributed by atoms with Gasteiger partial charge in [-0.1, -0.05) is 17.7 Å². The summed E-state index contributed by atoms with van der Waals surface area (Å²) in [6, 6.07) is 5.96. The highest BCUT2D eigenvalue weighted by Gasteiger charge is 2.32. The molecule has 32 heavy (non-hydrogen) atoms. The number of nitrogens with zero attached hydrogens (tertiary/aromatic N) is 2. The van der Waals surface area contributed by atoms with E-state index in [1.165, 1.54) is 25.4 Å². The first kappa shape index (κ1) is 21.9. The summed E-state index contributed by atoms with van der Waals surface area (Å²) < 4.78 is 52.4. The summed E-state index contributed by atoms with van der Waals surface area (Å²) in [5, 5.41) is 3.13. The summed E-state index contributed by atoms with van der Waals surface area (Å²) in [6.07, 6.45) is -1.44. The Morgan fingerprint density at radius 2 is 2.12 bits per heavy atom. The number of methoxy groups -OCH3 is 1. The molecular weight excluding hydrogens is 451 g/mol. The molecular formula is C21H17ClF3N3O4. The minimum absolute atomic E-state index is 0.0283. The zero-order valence-corrected chi connectivity index (χ0v) is 17.5. The van der Waals surface area contributed by atoms with Crippen LogP contribution in [-0.2, 0) is 6.42 Å². The van der Waals surface area contributed by atoms with Crippen molar-refractivity contribution in [3.8, 4) is 23.1 Å². The van der Waals surface area contributed by atoms with E-state index in [-0.39, 0.29) is 11.5 Å². The molecule has 11 heteroatoms. The lowest BCUT2D eigenvalue weighted by atomic mass is 9.96. The van der Waals surface area contributed by atoms with Gasteiger partial charge in [0.25, 0.3) is 5.91 Å². The number of alkyl halides is 3. The maximum atomic E-state index is 12.7. The topological polar surface area (TPSA) is 86.5 Å². The predicted octanol–water partition coefficient (Wildman–Crippen LogP) is 5.10. The molecule has 7 nitrogen and oxygen atoms in total. The van der Waals surface area contributed by atoms with Gasteiger partial charge in [-0.05, 0) is 37.5 Å². The predicted molar refractivity (Wildman–Crippen MR) is 108 cm³/mol. The first-order chi connectivity index (χ1) is 15.2. The number of amides is 1. The van der Waals surface area contributed by atoms with Crippen LogP contribution in [0, 0.1) is 0 Å². The maximum Gasteiger partial charge on any atom is 0.573 e. The molecule has 1 amide bonds. The Hall–Kier alpha value is -3.27. The van der Waals surface area contributed by atoms with E-state index in [2.05, 4.69) is 20.0 Å².